The normalized spacial score (nSPS) is 11.8. The van der Waals surface area contributed by atoms with Crippen molar-refractivity contribution in [2.45, 2.75) is 33.3 Å². The molecule has 0 unspecified atom stereocenters. The van der Waals surface area contributed by atoms with Crippen LogP contribution in [0.3, 0.4) is 0 Å². The Labute approximate surface area is 192 Å². The second-order valence-electron chi connectivity index (χ2n) is 7.89. The Balaban J connectivity index is 1.95. The van der Waals surface area contributed by atoms with Crippen molar-refractivity contribution in [1.82, 2.24) is 4.90 Å². The Morgan fingerprint density at radius 3 is 2.58 bits per heavy atom. The number of hydrazone groups is 1. The van der Waals surface area contributed by atoms with E-state index in [1.54, 1.807) is 13.1 Å². The van der Waals surface area contributed by atoms with Crippen molar-refractivity contribution < 1.29 is 18.3 Å². The molecule has 3 rings (SSSR count). The van der Waals surface area contributed by atoms with Crippen LogP contribution in [0, 0.1) is 5.82 Å². The van der Waals surface area contributed by atoms with Crippen LogP contribution in [0.1, 0.15) is 37.8 Å². The summed E-state index contributed by atoms with van der Waals surface area (Å²) in [7, 11) is 1.58. The maximum atomic E-state index is 15.0. The van der Waals surface area contributed by atoms with Gasteiger partial charge in [-0.25, -0.2) is 9.18 Å². The summed E-state index contributed by atoms with van der Waals surface area (Å²) in [5, 5.41) is 6.59. The van der Waals surface area contributed by atoms with E-state index in [0.717, 1.165) is 17.2 Å². The molecule has 0 spiro atoms. The van der Waals surface area contributed by atoms with Crippen LogP contribution in [0.4, 0.5) is 10.1 Å². The van der Waals surface area contributed by atoms with Crippen LogP contribution >= 0.6 is 0 Å². The molecule has 174 valence electrons. The first-order valence-electron chi connectivity index (χ1n) is 10.8. The number of benzene rings is 2. The summed E-state index contributed by atoms with van der Waals surface area (Å²) in [6.07, 6.45) is 2.08. The Kier molecular flexibility index (Phi) is 7.95. The Bertz CT molecular complexity index is 1190. The van der Waals surface area contributed by atoms with Gasteiger partial charge in [0.1, 0.15) is 12.4 Å². The van der Waals surface area contributed by atoms with E-state index in [1.807, 2.05) is 51.1 Å². The molecule has 33 heavy (non-hydrogen) atoms. The summed E-state index contributed by atoms with van der Waals surface area (Å²) in [5.74, 6) is -0.223. The second-order valence-corrected chi connectivity index (χ2v) is 7.89. The number of fused-ring (bicyclic) bond motifs is 1. The molecule has 0 aliphatic rings. The quantitative estimate of drug-likeness (QED) is 0.206. The first kappa shape index (κ1) is 24.1. The zero-order chi connectivity index (χ0) is 24.0. The van der Waals surface area contributed by atoms with Gasteiger partial charge in [0.15, 0.2) is 5.84 Å². The third-order valence-electron chi connectivity index (χ3n) is 5.29. The van der Waals surface area contributed by atoms with Crippen molar-refractivity contribution in [1.29, 1.82) is 0 Å². The lowest BCUT2D eigenvalue weighted by molar-refractivity contribution is -0.114. The average molecular weight is 454 g/mol. The number of nitrogens with zero attached hydrogens (tertiary/aromatic N) is 3. The average Bonchev–Trinajstić information content (AvgIpc) is 2.80. The molecule has 3 aromatic rings. The van der Waals surface area contributed by atoms with Gasteiger partial charge in [-0.3, -0.25) is 14.7 Å². The monoisotopic (exact) mass is 453 g/mol. The lowest BCUT2D eigenvalue weighted by atomic mass is 9.99. The zero-order valence-electron chi connectivity index (χ0n) is 19.2. The predicted molar refractivity (Wildman–Crippen MR) is 127 cm³/mol. The van der Waals surface area contributed by atoms with E-state index in [-0.39, 0.29) is 23.6 Å². The zero-order valence-corrected chi connectivity index (χ0v) is 19.2. The second kappa shape index (κ2) is 10.9. The standard InChI is InChI=1S/C25H28FN3O4/c1-5-29(16-30)24(15-32-13-18-9-7-6-8-10-18)27-28(4)23-12-19-20(11-22(23)26)25(31)33-14-21(19)17(2)3/h6-12,14,16-17H,5,13,15H2,1-4H3/b27-24-. The third kappa shape index (κ3) is 5.64. The number of likely N-dealkylation sites (N-methyl/N-ethyl adjacent to an activating group) is 1. The molecule has 8 heteroatoms. The van der Waals surface area contributed by atoms with Gasteiger partial charge in [-0.15, -0.1) is 0 Å². The van der Waals surface area contributed by atoms with Gasteiger partial charge in [0.25, 0.3) is 0 Å². The smallest absolute Gasteiger partial charge is 0.343 e. The fraction of sp³-hybridized carbons (Fsp3) is 0.320. The van der Waals surface area contributed by atoms with Crippen molar-refractivity contribution >= 4 is 28.7 Å². The van der Waals surface area contributed by atoms with Crippen LogP contribution in [-0.4, -0.2) is 37.3 Å². The van der Waals surface area contributed by atoms with E-state index < -0.39 is 11.4 Å². The van der Waals surface area contributed by atoms with Crippen LogP contribution in [0.15, 0.2) is 63.0 Å². The number of amidine groups is 1. The molecule has 0 saturated carbocycles. The number of halogens is 1. The Hall–Kier alpha value is -3.52. The van der Waals surface area contributed by atoms with Crippen molar-refractivity contribution in [2.75, 3.05) is 25.2 Å². The minimum atomic E-state index is -0.624. The number of hydrogen-bond donors (Lipinski definition) is 0. The molecule has 7 nitrogen and oxygen atoms in total. The fourth-order valence-electron chi connectivity index (χ4n) is 3.46. The molecule has 0 bridgehead atoms. The van der Waals surface area contributed by atoms with Gasteiger partial charge in [-0.05, 0) is 41.5 Å². The highest BCUT2D eigenvalue weighted by Gasteiger charge is 2.17. The lowest BCUT2D eigenvalue weighted by Gasteiger charge is -2.22. The first-order valence-corrected chi connectivity index (χ1v) is 10.8. The molecular formula is C25H28FN3O4. The molecule has 0 N–H and O–H groups in total. The van der Waals surface area contributed by atoms with Crippen LogP contribution < -0.4 is 10.6 Å². The van der Waals surface area contributed by atoms with Crippen LogP contribution in [0.5, 0.6) is 0 Å². The van der Waals surface area contributed by atoms with E-state index in [9.17, 15) is 14.0 Å². The Morgan fingerprint density at radius 1 is 1.21 bits per heavy atom. The van der Waals surface area contributed by atoms with E-state index >= 15 is 0 Å². The lowest BCUT2D eigenvalue weighted by Crippen LogP contribution is -2.35. The van der Waals surface area contributed by atoms with Crippen molar-refractivity contribution in [3.63, 3.8) is 0 Å². The molecule has 0 saturated heterocycles. The number of rotatable bonds is 9. The number of carbonyl (C=O) groups is 1. The number of amides is 1. The van der Waals surface area contributed by atoms with Gasteiger partial charge >= 0.3 is 5.63 Å². The van der Waals surface area contributed by atoms with E-state index in [1.165, 1.54) is 16.2 Å². The Morgan fingerprint density at radius 2 is 1.94 bits per heavy atom. The van der Waals surface area contributed by atoms with Gasteiger partial charge in [0.05, 0.1) is 23.9 Å². The van der Waals surface area contributed by atoms with Gasteiger partial charge in [-0.2, -0.15) is 5.10 Å². The summed E-state index contributed by atoms with van der Waals surface area (Å²) in [5.41, 5.74) is 1.34. The highest BCUT2D eigenvalue weighted by molar-refractivity contribution is 5.93. The molecule has 2 aromatic carbocycles. The topological polar surface area (TPSA) is 75.4 Å². The first-order chi connectivity index (χ1) is 15.8. The van der Waals surface area contributed by atoms with Crippen LogP contribution in [0.25, 0.3) is 10.8 Å². The maximum Gasteiger partial charge on any atom is 0.343 e. The van der Waals surface area contributed by atoms with E-state index in [2.05, 4.69) is 5.10 Å². The molecule has 1 aromatic heterocycles. The minimum absolute atomic E-state index is 0.0574. The van der Waals surface area contributed by atoms with Gasteiger partial charge in [-0.1, -0.05) is 44.2 Å². The molecule has 1 amide bonds. The van der Waals surface area contributed by atoms with Gasteiger partial charge < -0.3 is 9.15 Å². The number of carbonyl (C=O) groups excluding carboxylic acids is 1. The van der Waals surface area contributed by atoms with E-state index in [0.29, 0.717) is 30.8 Å². The summed E-state index contributed by atoms with van der Waals surface area (Å²) in [6.45, 7) is 6.52. The van der Waals surface area contributed by atoms with Crippen molar-refractivity contribution in [2.24, 2.45) is 5.10 Å². The predicted octanol–water partition coefficient (Wildman–Crippen LogP) is 4.50. The molecule has 0 aliphatic carbocycles. The summed E-state index contributed by atoms with van der Waals surface area (Å²) in [6, 6.07) is 12.4. The van der Waals surface area contributed by atoms with Crippen LogP contribution in [-0.2, 0) is 16.1 Å². The summed E-state index contributed by atoms with van der Waals surface area (Å²) >= 11 is 0. The number of ether oxygens (including phenoxy) is 1. The van der Waals surface area contributed by atoms with E-state index in [4.69, 9.17) is 9.15 Å². The molecule has 0 fully saturated rings. The van der Waals surface area contributed by atoms with Crippen LogP contribution in [0.2, 0.25) is 0 Å². The third-order valence-corrected chi connectivity index (χ3v) is 5.29. The number of anilines is 1. The molecule has 0 atom stereocenters. The highest BCUT2D eigenvalue weighted by atomic mass is 19.1. The summed E-state index contributed by atoms with van der Waals surface area (Å²) < 4.78 is 25.8. The fourth-order valence-corrected chi connectivity index (χ4v) is 3.46. The van der Waals surface area contributed by atoms with Crippen molar-refractivity contribution in [3.8, 4) is 0 Å². The van der Waals surface area contributed by atoms with Gasteiger partial charge in [0.2, 0.25) is 6.41 Å². The largest absolute Gasteiger partial charge is 0.431 e. The number of hydrogen-bond acceptors (Lipinski definition) is 6. The maximum absolute atomic E-state index is 15.0. The molecule has 0 aliphatic heterocycles. The minimum Gasteiger partial charge on any atom is -0.431 e. The summed E-state index contributed by atoms with van der Waals surface area (Å²) in [4.78, 5) is 25.1. The molecule has 0 radical (unpaired) electrons. The highest BCUT2D eigenvalue weighted by Crippen LogP contribution is 2.29. The van der Waals surface area contributed by atoms with Crippen molar-refractivity contribution in [3.05, 3.63) is 76.1 Å². The van der Waals surface area contributed by atoms with Gasteiger partial charge in [0, 0.05) is 13.6 Å². The molecular weight excluding hydrogens is 425 g/mol. The molecule has 1 heterocycles. The SMILES string of the molecule is CCN(C=O)/C(COCc1ccccc1)=N\N(C)c1cc2c(C(C)C)coc(=O)c2cc1F.